The van der Waals surface area contributed by atoms with Crippen LogP contribution in [0, 0.1) is 0 Å². The van der Waals surface area contributed by atoms with Crippen LogP contribution in [0.25, 0.3) is 0 Å². The molecule has 6 heteroatoms. The molecule has 2 aromatic rings. The van der Waals surface area contributed by atoms with Gasteiger partial charge in [-0.25, -0.2) is 0 Å². The van der Waals surface area contributed by atoms with Crippen molar-refractivity contribution in [2.45, 2.75) is 43.6 Å². The van der Waals surface area contributed by atoms with E-state index in [-0.39, 0.29) is 23.8 Å². The highest BCUT2D eigenvalue weighted by molar-refractivity contribution is 5.78. The number of nitrogens with zero attached hydrogens (tertiary/aromatic N) is 2. The van der Waals surface area contributed by atoms with Crippen LogP contribution in [0.15, 0.2) is 60.7 Å². The topological polar surface area (TPSA) is 54.0 Å². The smallest absolute Gasteiger partial charge is 0.234 e. The Morgan fingerprint density at radius 2 is 1.42 bits per heavy atom. The lowest BCUT2D eigenvalue weighted by Crippen LogP contribution is -2.52. The Morgan fingerprint density at radius 1 is 0.879 bits per heavy atom. The van der Waals surface area contributed by atoms with Gasteiger partial charge in [0.05, 0.1) is 25.8 Å². The van der Waals surface area contributed by atoms with Gasteiger partial charge >= 0.3 is 0 Å². The van der Waals surface area contributed by atoms with E-state index in [0.29, 0.717) is 19.8 Å². The van der Waals surface area contributed by atoms with E-state index >= 15 is 0 Å². The van der Waals surface area contributed by atoms with Gasteiger partial charge in [0.2, 0.25) is 5.91 Å². The summed E-state index contributed by atoms with van der Waals surface area (Å²) >= 11 is 0. The van der Waals surface area contributed by atoms with E-state index in [9.17, 15) is 4.79 Å². The third kappa shape index (κ3) is 5.46. The normalized spacial score (nSPS) is 22.1. The summed E-state index contributed by atoms with van der Waals surface area (Å²) < 4.78 is 11.6. The van der Waals surface area contributed by atoms with Gasteiger partial charge in [-0.15, -0.1) is 0 Å². The highest BCUT2D eigenvalue weighted by atomic mass is 16.7. The first-order valence-corrected chi connectivity index (χ1v) is 12.3. The Morgan fingerprint density at radius 3 is 1.97 bits per heavy atom. The van der Waals surface area contributed by atoms with Crippen molar-refractivity contribution in [2.75, 3.05) is 45.9 Å². The van der Waals surface area contributed by atoms with Crippen LogP contribution in [0.5, 0.6) is 0 Å². The van der Waals surface area contributed by atoms with Crippen molar-refractivity contribution < 1.29 is 14.3 Å². The molecule has 1 N–H and O–H groups in total. The van der Waals surface area contributed by atoms with E-state index in [1.54, 1.807) is 0 Å². The summed E-state index contributed by atoms with van der Waals surface area (Å²) in [6.07, 6.45) is 3.60. The number of carbonyl (C=O) groups is 1. The van der Waals surface area contributed by atoms with Crippen LogP contribution >= 0.6 is 0 Å². The summed E-state index contributed by atoms with van der Waals surface area (Å²) in [5.74, 6) is -0.230. The molecule has 0 unspecified atom stereocenters. The molecule has 2 aliphatic heterocycles. The van der Waals surface area contributed by atoms with Crippen LogP contribution < -0.4 is 5.32 Å². The average molecular weight is 450 g/mol. The molecule has 3 aliphatic rings. The molecule has 2 heterocycles. The summed E-state index contributed by atoms with van der Waals surface area (Å²) in [5, 5.41) is 3.25. The van der Waals surface area contributed by atoms with Crippen molar-refractivity contribution in [1.82, 2.24) is 15.1 Å². The van der Waals surface area contributed by atoms with Gasteiger partial charge in [0.25, 0.3) is 0 Å². The molecule has 1 aliphatic carbocycles. The minimum absolute atomic E-state index is 0.139. The molecule has 0 radical (unpaired) electrons. The van der Waals surface area contributed by atoms with E-state index in [1.807, 2.05) is 0 Å². The predicted molar refractivity (Wildman–Crippen MR) is 128 cm³/mol. The fourth-order valence-corrected chi connectivity index (χ4v) is 5.53. The number of benzene rings is 2. The summed E-state index contributed by atoms with van der Waals surface area (Å²) in [4.78, 5) is 17.5. The van der Waals surface area contributed by atoms with Gasteiger partial charge in [-0.1, -0.05) is 60.7 Å². The Kier molecular flexibility index (Phi) is 7.07. The number of carbonyl (C=O) groups excluding carboxylic acids is 1. The van der Waals surface area contributed by atoms with E-state index in [2.05, 4.69) is 75.8 Å². The van der Waals surface area contributed by atoms with Crippen LogP contribution in [-0.4, -0.2) is 73.5 Å². The second kappa shape index (κ2) is 10.3. The van der Waals surface area contributed by atoms with Crippen molar-refractivity contribution in [1.29, 1.82) is 0 Å². The Bertz CT molecular complexity index is 844. The van der Waals surface area contributed by atoms with Gasteiger partial charge in [-0.2, -0.15) is 0 Å². The third-order valence-electron chi connectivity index (χ3n) is 7.30. The van der Waals surface area contributed by atoms with Crippen LogP contribution in [-0.2, 0) is 14.3 Å². The molecular weight excluding hydrogens is 414 g/mol. The van der Waals surface area contributed by atoms with E-state index in [4.69, 9.17) is 9.47 Å². The molecule has 1 amide bonds. The SMILES string of the molecule is O=C(CN1CCN(C(c2ccccc2)c2ccccc2)CC1)NC1CCC2(CC1)OCCO2. The van der Waals surface area contributed by atoms with Gasteiger partial charge < -0.3 is 14.8 Å². The second-order valence-electron chi connectivity index (χ2n) is 9.49. The maximum absolute atomic E-state index is 12.7. The maximum atomic E-state index is 12.7. The molecular formula is C27H35N3O3. The van der Waals surface area contributed by atoms with Gasteiger partial charge in [-0.05, 0) is 24.0 Å². The third-order valence-corrected chi connectivity index (χ3v) is 7.30. The predicted octanol–water partition coefficient (Wildman–Crippen LogP) is 3.20. The largest absolute Gasteiger partial charge is 0.352 e. The monoisotopic (exact) mass is 449 g/mol. The molecule has 0 aromatic heterocycles. The molecule has 1 spiro atoms. The summed E-state index contributed by atoms with van der Waals surface area (Å²) in [7, 11) is 0. The first-order valence-electron chi connectivity index (χ1n) is 12.3. The summed E-state index contributed by atoms with van der Waals surface area (Å²) in [5.41, 5.74) is 2.64. The molecule has 1 saturated carbocycles. The lowest BCUT2D eigenvalue weighted by molar-refractivity contribution is -0.180. The van der Waals surface area contributed by atoms with Gasteiger partial charge in [-0.3, -0.25) is 14.6 Å². The fraction of sp³-hybridized carbons (Fsp3) is 0.519. The Hall–Kier alpha value is -2.25. The molecule has 2 aromatic carbocycles. The number of hydrogen-bond donors (Lipinski definition) is 1. The van der Waals surface area contributed by atoms with E-state index in [0.717, 1.165) is 51.9 Å². The highest BCUT2D eigenvalue weighted by Gasteiger charge is 2.40. The minimum atomic E-state index is -0.369. The van der Waals surface area contributed by atoms with Crippen LogP contribution in [0.1, 0.15) is 42.9 Å². The van der Waals surface area contributed by atoms with Gasteiger partial charge in [0, 0.05) is 45.1 Å². The lowest BCUT2D eigenvalue weighted by Gasteiger charge is -2.40. The second-order valence-corrected chi connectivity index (χ2v) is 9.49. The maximum Gasteiger partial charge on any atom is 0.234 e. The average Bonchev–Trinajstić information content (AvgIpc) is 3.31. The molecule has 3 fully saturated rings. The molecule has 5 rings (SSSR count). The van der Waals surface area contributed by atoms with E-state index in [1.165, 1.54) is 11.1 Å². The van der Waals surface area contributed by atoms with Gasteiger partial charge in [0.1, 0.15) is 0 Å². The number of ether oxygens (including phenoxy) is 2. The van der Waals surface area contributed by atoms with Crippen molar-refractivity contribution >= 4 is 5.91 Å². The quantitative estimate of drug-likeness (QED) is 0.734. The van der Waals surface area contributed by atoms with Gasteiger partial charge in [0.15, 0.2) is 5.79 Å². The van der Waals surface area contributed by atoms with Crippen LogP contribution in [0.4, 0.5) is 0 Å². The van der Waals surface area contributed by atoms with E-state index < -0.39 is 0 Å². The van der Waals surface area contributed by atoms with Crippen molar-refractivity contribution in [3.63, 3.8) is 0 Å². The first kappa shape index (κ1) is 22.5. The highest BCUT2D eigenvalue weighted by Crippen LogP contribution is 2.35. The number of piperazine rings is 1. The summed E-state index contributed by atoms with van der Waals surface area (Å²) in [6.45, 7) is 5.56. The van der Waals surface area contributed by atoms with Crippen molar-refractivity contribution in [3.8, 4) is 0 Å². The summed E-state index contributed by atoms with van der Waals surface area (Å²) in [6, 6.07) is 21.9. The molecule has 176 valence electrons. The Balaban J connectivity index is 1.12. The Labute approximate surface area is 196 Å². The molecule has 2 saturated heterocycles. The first-order chi connectivity index (χ1) is 16.2. The lowest BCUT2D eigenvalue weighted by atomic mass is 9.90. The number of amides is 1. The molecule has 33 heavy (non-hydrogen) atoms. The zero-order chi connectivity index (χ0) is 22.5. The van der Waals surface area contributed by atoms with Crippen LogP contribution in [0.2, 0.25) is 0 Å². The number of nitrogens with one attached hydrogen (secondary N) is 1. The zero-order valence-electron chi connectivity index (χ0n) is 19.3. The number of hydrogen-bond acceptors (Lipinski definition) is 5. The molecule has 6 nitrogen and oxygen atoms in total. The van der Waals surface area contributed by atoms with Crippen molar-refractivity contribution in [2.24, 2.45) is 0 Å². The molecule has 0 bridgehead atoms. The fourth-order valence-electron chi connectivity index (χ4n) is 5.53. The standard InChI is InChI=1S/C27H35N3O3/c31-25(28-24-11-13-27(14-12-24)32-19-20-33-27)21-29-15-17-30(18-16-29)26(22-7-3-1-4-8-22)23-9-5-2-6-10-23/h1-10,24,26H,11-21H2,(H,28,31). The minimum Gasteiger partial charge on any atom is -0.352 e. The number of rotatable bonds is 6. The van der Waals surface area contributed by atoms with Crippen LogP contribution in [0.3, 0.4) is 0 Å². The van der Waals surface area contributed by atoms with Crippen molar-refractivity contribution in [3.05, 3.63) is 71.8 Å². The molecule has 0 atom stereocenters. The zero-order valence-corrected chi connectivity index (χ0v) is 19.3.